The lowest BCUT2D eigenvalue weighted by atomic mass is 10.1. The normalized spacial score (nSPS) is 17.7. The van der Waals surface area contributed by atoms with E-state index in [1.54, 1.807) is 19.1 Å². The van der Waals surface area contributed by atoms with Crippen LogP contribution in [-0.2, 0) is 0 Å². The standard InChI is InChI=1S/C13H18N2O3/c1-9-11(13(16)17)3-4-12(14-9)18-10-5-7-15(2)8-6-10/h3-4,10H,5-8H2,1-2H3,(H,16,17). The summed E-state index contributed by atoms with van der Waals surface area (Å²) in [6.45, 7) is 3.73. The molecule has 0 radical (unpaired) electrons. The van der Waals surface area contributed by atoms with Gasteiger partial charge in [0.1, 0.15) is 6.10 Å². The number of likely N-dealkylation sites (tertiary alicyclic amines) is 1. The quantitative estimate of drug-likeness (QED) is 0.882. The topological polar surface area (TPSA) is 62.7 Å². The lowest BCUT2D eigenvalue weighted by Gasteiger charge is -2.29. The maximum absolute atomic E-state index is 10.9. The van der Waals surface area contributed by atoms with Crippen LogP contribution in [0.15, 0.2) is 12.1 Å². The Bertz CT molecular complexity index is 440. The molecule has 1 saturated heterocycles. The first kappa shape index (κ1) is 12.8. The predicted octanol–water partition coefficient (Wildman–Crippen LogP) is 1.56. The summed E-state index contributed by atoms with van der Waals surface area (Å²) in [5.41, 5.74) is 0.721. The fourth-order valence-corrected chi connectivity index (χ4v) is 2.10. The Labute approximate surface area is 106 Å². The number of carboxylic acids is 1. The largest absolute Gasteiger partial charge is 0.478 e. The Morgan fingerprint density at radius 3 is 2.67 bits per heavy atom. The van der Waals surface area contributed by atoms with Crippen LogP contribution in [0.4, 0.5) is 0 Å². The van der Waals surface area contributed by atoms with E-state index in [2.05, 4.69) is 16.9 Å². The molecule has 2 heterocycles. The molecule has 5 nitrogen and oxygen atoms in total. The zero-order valence-electron chi connectivity index (χ0n) is 10.7. The van der Waals surface area contributed by atoms with Crippen molar-refractivity contribution in [1.29, 1.82) is 0 Å². The third-order valence-electron chi connectivity index (χ3n) is 3.24. The van der Waals surface area contributed by atoms with Crippen LogP contribution in [-0.4, -0.2) is 47.2 Å². The van der Waals surface area contributed by atoms with Crippen LogP contribution in [0.5, 0.6) is 5.88 Å². The minimum atomic E-state index is -0.953. The Hall–Kier alpha value is -1.62. The molecule has 1 aromatic rings. The fourth-order valence-electron chi connectivity index (χ4n) is 2.10. The van der Waals surface area contributed by atoms with E-state index in [-0.39, 0.29) is 11.7 Å². The maximum atomic E-state index is 10.9. The Kier molecular flexibility index (Phi) is 3.81. The highest BCUT2D eigenvalue weighted by molar-refractivity contribution is 5.88. The molecule has 0 unspecified atom stereocenters. The Balaban J connectivity index is 2.02. The van der Waals surface area contributed by atoms with Crippen LogP contribution in [0.3, 0.4) is 0 Å². The number of hydrogen-bond donors (Lipinski definition) is 1. The molecule has 5 heteroatoms. The van der Waals surface area contributed by atoms with Gasteiger partial charge in [-0.05, 0) is 32.9 Å². The molecule has 0 spiro atoms. The second-order valence-electron chi connectivity index (χ2n) is 4.71. The number of carboxylic acid groups (broad SMARTS) is 1. The van der Waals surface area contributed by atoms with Gasteiger partial charge in [0, 0.05) is 19.2 Å². The minimum absolute atomic E-state index is 0.184. The SMILES string of the molecule is Cc1nc(OC2CCN(C)CC2)ccc1C(=O)O. The summed E-state index contributed by atoms with van der Waals surface area (Å²) in [5.74, 6) is -0.433. The minimum Gasteiger partial charge on any atom is -0.478 e. The molecule has 2 rings (SSSR count). The number of ether oxygens (including phenoxy) is 1. The summed E-state index contributed by atoms with van der Waals surface area (Å²) >= 11 is 0. The third kappa shape index (κ3) is 2.98. The highest BCUT2D eigenvalue weighted by Crippen LogP contribution is 2.18. The van der Waals surface area contributed by atoms with Gasteiger partial charge in [-0.25, -0.2) is 9.78 Å². The molecule has 0 aromatic carbocycles. The molecule has 1 aliphatic heterocycles. The van der Waals surface area contributed by atoms with Crippen molar-refractivity contribution in [2.24, 2.45) is 0 Å². The summed E-state index contributed by atoms with van der Waals surface area (Å²) in [7, 11) is 2.10. The predicted molar refractivity (Wildman–Crippen MR) is 67.1 cm³/mol. The number of nitrogens with zero attached hydrogens (tertiary/aromatic N) is 2. The number of piperidine rings is 1. The molecule has 0 amide bonds. The van der Waals surface area contributed by atoms with Crippen LogP contribution in [0.25, 0.3) is 0 Å². The number of rotatable bonds is 3. The van der Waals surface area contributed by atoms with Gasteiger partial charge in [0.2, 0.25) is 5.88 Å². The number of hydrogen-bond acceptors (Lipinski definition) is 4. The molecule has 0 aliphatic carbocycles. The molecule has 1 N–H and O–H groups in total. The van der Waals surface area contributed by atoms with Gasteiger partial charge >= 0.3 is 5.97 Å². The van der Waals surface area contributed by atoms with Crippen LogP contribution in [0.1, 0.15) is 28.9 Å². The van der Waals surface area contributed by atoms with E-state index in [0.29, 0.717) is 11.6 Å². The molecule has 1 fully saturated rings. The van der Waals surface area contributed by atoms with Crippen molar-refractivity contribution >= 4 is 5.97 Å². The van der Waals surface area contributed by atoms with E-state index < -0.39 is 5.97 Å². The van der Waals surface area contributed by atoms with Gasteiger partial charge in [-0.15, -0.1) is 0 Å². The number of aromatic nitrogens is 1. The number of aromatic carboxylic acids is 1. The van der Waals surface area contributed by atoms with Crippen molar-refractivity contribution in [1.82, 2.24) is 9.88 Å². The Morgan fingerprint density at radius 1 is 1.44 bits per heavy atom. The van der Waals surface area contributed by atoms with E-state index in [4.69, 9.17) is 9.84 Å². The Morgan fingerprint density at radius 2 is 2.11 bits per heavy atom. The lowest BCUT2D eigenvalue weighted by molar-refractivity contribution is 0.0695. The summed E-state index contributed by atoms with van der Waals surface area (Å²) < 4.78 is 5.79. The molecule has 18 heavy (non-hydrogen) atoms. The van der Waals surface area contributed by atoms with Crippen LogP contribution in [0.2, 0.25) is 0 Å². The fraction of sp³-hybridized carbons (Fsp3) is 0.538. The van der Waals surface area contributed by atoms with Crippen molar-refractivity contribution in [3.63, 3.8) is 0 Å². The molecule has 0 saturated carbocycles. The highest BCUT2D eigenvalue weighted by Gasteiger charge is 2.19. The van der Waals surface area contributed by atoms with Gasteiger partial charge in [0.15, 0.2) is 0 Å². The smallest absolute Gasteiger partial charge is 0.337 e. The molecule has 1 aliphatic rings. The van der Waals surface area contributed by atoms with Crippen molar-refractivity contribution < 1.29 is 14.6 Å². The third-order valence-corrected chi connectivity index (χ3v) is 3.24. The van der Waals surface area contributed by atoms with Crippen molar-refractivity contribution in [3.8, 4) is 5.88 Å². The van der Waals surface area contributed by atoms with E-state index in [1.807, 2.05) is 0 Å². The second-order valence-corrected chi connectivity index (χ2v) is 4.71. The van der Waals surface area contributed by atoms with Crippen LogP contribution >= 0.6 is 0 Å². The van der Waals surface area contributed by atoms with E-state index in [0.717, 1.165) is 25.9 Å². The van der Waals surface area contributed by atoms with Crippen molar-refractivity contribution in [3.05, 3.63) is 23.4 Å². The molecule has 1 aromatic heterocycles. The first-order chi connectivity index (χ1) is 8.56. The van der Waals surface area contributed by atoms with E-state index in [1.165, 1.54) is 0 Å². The average Bonchev–Trinajstić information content (AvgIpc) is 2.32. The summed E-state index contributed by atoms with van der Waals surface area (Å²) in [5, 5.41) is 8.92. The number of aryl methyl sites for hydroxylation is 1. The number of carbonyl (C=O) groups is 1. The monoisotopic (exact) mass is 250 g/mol. The zero-order chi connectivity index (χ0) is 13.1. The summed E-state index contributed by atoms with van der Waals surface area (Å²) in [6, 6.07) is 3.18. The molecular formula is C13H18N2O3. The van der Waals surface area contributed by atoms with Gasteiger partial charge in [0.05, 0.1) is 11.3 Å². The number of pyridine rings is 1. The van der Waals surface area contributed by atoms with Gasteiger partial charge < -0.3 is 14.7 Å². The summed E-state index contributed by atoms with van der Waals surface area (Å²) in [6.07, 6.45) is 2.15. The van der Waals surface area contributed by atoms with Gasteiger partial charge in [0.25, 0.3) is 0 Å². The van der Waals surface area contributed by atoms with Crippen molar-refractivity contribution in [2.45, 2.75) is 25.9 Å². The summed E-state index contributed by atoms with van der Waals surface area (Å²) in [4.78, 5) is 17.3. The average molecular weight is 250 g/mol. The zero-order valence-corrected chi connectivity index (χ0v) is 10.7. The van der Waals surface area contributed by atoms with E-state index in [9.17, 15) is 4.79 Å². The maximum Gasteiger partial charge on any atom is 0.337 e. The van der Waals surface area contributed by atoms with Crippen LogP contribution < -0.4 is 4.74 Å². The van der Waals surface area contributed by atoms with Crippen molar-refractivity contribution in [2.75, 3.05) is 20.1 Å². The first-order valence-electron chi connectivity index (χ1n) is 6.12. The van der Waals surface area contributed by atoms with Gasteiger partial charge in [-0.3, -0.25) is 0 Å². The second kappa shape index (κ2) is 5.35. The highest BCUT2D eigenvalue weighted by atomic mass is 16.5. The van der Waals surface area contributed by atoms with E-state index >= 15 is 0 Å². The van der Waals surface area contributed by atoms with Gasteiger partial charge in [-0.2, -0.15) is 0 Å². The molecular weight excluding hydrogens is 232 g/mol. The first-order valence-corrected chi connectivity index (χ1v) is 6.12. The molecule has 0 atom stereocenters. The van der Waals surface area contributed by atoms with Gasteiger partial charge in [-0.1, -0.05) is 0 Å². The lowest BCUT2D eigenvalue weighted by Crippen LogP contribution is -2.35. The van der Waals surface area contributed by atoms with Crippen LogP contribution in [0, 0.1) is 6.92 Å². The molecule has 0 bridgehead atoms. The molecule has 98 valence electrons.